The van der Waals surface area contributed by atoms with Crippen LogP contribution in [-0.4, -0.2) is 39.0 Å². The van der Waals surface area contributed by atoms with E-state index in [4.69, 9.17) is 29.9 Å². The van der Waals surface area contributed by atoms with E-state index in [1.54, 1.807) is 0 Å². The molecule has 0 amide bonds. The summed E-state index contributed by atoms with van der Waals surface area (Å²) in [5.74, 6) is 3.65. The largest absolute Gasteiger partial charge is 0.310 e. The Balaban J connectivity index is 0.616. The summed E-state index contributed by atoms with van der Waals surface area (Å²) in [6, 6.07) is 144. The third-order valence-corrected chi connectivity index (χ3v) is 22.2. The highest BCUT2D eigenvalue weighted by atomic mass is 15.2. The SMILES string of the molecule is CC(C)(C)c1ccc(N(c2ccccc2)c2ccc3c(c2)c2cc(-c4ccccc4)ccc2n3-c2ccc(-c3nc(-c4ccccc4)nc(-c4cccc(Cc5ccc(N(c6ccccc6)c6ccc7c(c6)c6cc(-c8ccccc8)ccc6n7-c6ccc(-c7nc(-c8ccccc8)nc(-c8ccccc8)n7)cc6)cc5)c4)n3)cc2)cc1. The van der Waals surface area contributed by atoms with E-state index < -0.39 is 0 Å². The molecule has 0 aliphatic rings. The lowest BCUT2D eigenvalue weighted by Crippen LogP contribution is -2.13. The molecule has 10 nitrogen and oxygen atoms in total. The molecule has 556 valence electrons. The second-order valence-corrected chi connectivity index (χ2v) is 30.8. The summed E-state index contributed by atoms with van der Waals surface area (Å²) < 4.78 is 4.76. The molecule has 117 heavy (non-hydrogen) atoms. The number of nitrogens with zero attached hydrogens (tertiary/aromatic N) is 10. The monoisotopic (exact) mass is 1500 g/mol. The van der Waals surface area contributed by atoms with Crippen LogP contribution in [0.5, 0.6) is 0 Å². The minimum Gasteiger partial charge on any atom is -0.310 e. The molecule has 0 fully saturated rings. The number of hydrogen-bond donors (Lipinski definition) is 0. The van der Waals surface area contributed by atoms with E-state index in [1.165, 1.54) is 16.7 Å². The van der Waals surface area contributed by atoms with Gasteiger partial charge in [-0.1, -0.05) is 263 Å². The van der Waals surface area contributed by atoms with Crippen LogP contribution >= 0.6 is 0 Å². The molecule has 20 aromatic rings. The van der Waals surface area contributed by atoms with Gasteiger partial charge in [-0.2, -0.15) is 0 Å². The van der Waals surface area contributed by atoms with Crippen LogP contribution in [0.3, 0.4) is 0 Å². The summed E-state index contributed by atoms with van der Waals surface area (Å²) >= 11 is 0. The number of fused-ring (bicyclic) bond motifs is 6. The van der Waals surface area contributed by atoms with Crippen molar-refractivity contribution in [3.63, 3.8) is 0 Å². The first kappa shape index (κ1) is 70.8. The van der Waals surface area contributed by atoms with E-state index in [-0.39, 0.29) is 5.41 Å². The van der Waals surface area contributed by atoms with Crippen LogP contribution in [0.1, 0.15) is 37.5 Å². The average Bonchev–Trinajstić information content (AvgIpc) is 1.59. The molecule has 16 aromatic carbocycles. The van der Waals surface area contributed by atoms with Gasteiger partial charge in [-0.3, -0.25) is 0 Å². The van der Waals surface area contributed by atoms with Gasteiger partial charge in [0, 0.05) is 100 Å². The maximum atomic E-state index is 5.32. The number of anilines is 6. The lowest BCUT2D eigenvalue weighted by Gasteiger charge is -2.27. The van der Waals surface area contributed by atoms with Crippen molar-refractivity contribution < 1.29 is 0 Å². The normalized spacial score (nSPS) is 11.6. The predicted molar refractivity (Wildman–Crippen MR) is 483 cm³/mol. The van der Waals surface area contributed by atoms with Crippen LogP contribution in [0.25, 0.3) is 146 Å². The molecule has 0 saturated carbocycles. The van der Waals surface area contributed by atoms with Crippen molar-refractivity contribution >= 4 is 77.7 Å². The molecule has 4 aromatic heterocycles. The Morgan fingerprint density at radius 1 is 0.214 bits per heavy atom. The Morgan fingerprint density at radius 2 is 0.496 bits per heavy atom. The highest BCUT2D eigenvalue weighted by Gasteiger charge is 2.24. The van der Waals surface area contributed by atoms with Gasteiger partial charge in [0.25, 0.3) is 0 Å². The fourth-order valence-electron chi connectivity index (χ4n) is 16.3. The minimum atomic E-state index is 0.0268. The topological polar surface area (TPSA) is 93.7 Å². The van der Waals surface area contributed by atoms with Crippen LogP contribution in [-0.2, 0) is 11.8 Å². The van der Waals surface area contributed by atoms with E-state index in [2.05, 4.69) is 367 Å². The lowest BCUT2D eigenvalue weighted by atomic mass is 9.87. The van der Waals surface area contributed by atoms with Crippen molar-refractivity contribution in [3.8, 4) is 102 Å². The number of para-hydroxylation sites is 2. The highest BCUT2D eigenvalue weighted by Crippen LogP contribution is 2.45. The van der Waals surface area contributed by atoms with Crippen molar-refractivity contribution in [1.29, 1.82) is 0 Å². The van der Waals surface area contributed by atoms with Crippen LogP contribution in [0.2, 0.25) is 0 Å². The number of benzene rings is 16. The van der Waals surface area contributed by atoms with Gasteiger partial charge in [0.2, 0.25) is 0 Å². The molecule has 0 bridgehead atoms. The highest BCUT2D eigenvalue weighted by molar-refractivity contribution is 6.13. The average molecular weight is 1500 g/mol. The van der Waals surface area contributed by atoms with Gasteiger partial charge >= 0.3 is 0 Å². The van der Waals surface area contributed by atoms with E-state index >= 15 is 0 Å². The fraction of sp³-hybridized carbons (Fsp3) is 0.0467. The molecule has 0 unspecified atom stereocenters. The number of rotatable bonds is 18. The number of hydrogen-bond acceptors (Lipinski definition) is 8. The molecular weight excluding hydrogens is 1430 g/mol. The van der Waals surface area contributed by atoms with Crippen LogP contribution in [0.15, 0.2) is 406 Å². The maximum absolute atomic E-state index is 5.32. The summed E-state index contributed by atoms with van der Waals surface area (Å²) in [5, 5.41) is 4.60. The summed E-state index contributed by atoms with van der Waals surface area (Å²) in [4.78, 5) is 35.6. The summed E-state index contributed by atoms with van der Waals surface area (Å²) in [6.45, 7) is 6.79. The lowest BCUT2D eigenvalue weighted by molar-refractivity contribution is 0.590. The summed E-state index contributed by atoms with van der Waals surface area (Å²) in [7, 11) is 0. The van der Waals surface area contributed by atoms with Gasteiger partial charge < -0.3 is 18.9 Å². The van der Waals surface area contributed by atoms with E-state index in [1.807, 2.05) is 78.9 Å². The van der Waals surface area contributed by atoms with Crippen molar-refractivity contribution in [2.45, 2.75) is 32.6 Å². The van der Waals surface area contributed by atoms with Crippen LogP contribution in [0.4, 0.5) is 34.1 Å². The Labute approximate surface area is 680 Å². The molecule has 0 saturated heterocycles. The zero-order valence-electron chi connectivity index (χ0n) is 64.9. The van der Waals surface area contributed by atoms with E-state index in [0.717, 1.165) is 145 Å². The van der Waals surface area contributed by atoms with Gasteiger partial charge in [-0.15, -0.1) is 0 Å². The molecule has 0 aliphatic heterocycles. The fourth-order valence-corrected chi connectivity index (χ4v) is 16.3. The third kappa shape index (κ3) is 14.0. The standard InChI is InChI=1S/C107H78N10/c1-107(2,3)84-50-58-88(59-51-84)115(86-40-23-10-24-41-86)92-61-65-100-96(71-92)94-69-82(75-29-13-5-14-30-75)49-63-98(94)117(100)90-56-46-80(47-57-90)105-111-103(78-35-19-8-20-36-78)112-106(113-105)83-37-25-26-73(67-83)66-72-42-52-87(53-43-72)114(85-38-21-9-22-39-85)91-60-64-99-95(70-91)93-68-81(74-27-11-4-12-28-74)48-62-97(93)116(99)89-54-44-79(45-55-89)104-109-101(76-31-15-6-16-32-76)108-102(110-104)77-33-17-7-18-34-77/h4-65,67-71H,66H2,1-3H3. The van der Waals surface area contributed by atoms with Crippen molar-refractivity contribution in [3.05, 3.63) is 423 Å². The van der Waals surface area contributed by atoms with Crippen LogP contribution < -0.4 is 9.80 Å². The first-order valence-corrected chi connectivity index (χ1v) is 39.8. The molecule has 10 heteroatoms. The van der Waals surface area contributed by atoms with Gasteiger partial charge in [-0.05, 0) is 215 Å². The van der Waals surface area contributed by atoms with Gasteiger partial charge in [0.05, 0.1) is 22.1 Å². The van der Waals surface area contributed by atoms with Crippen LogP contribution in [0, 0.1) is 0 Å². The Morgan fingerprint density at radius 3 is 0.863 bits per heavy atom. The minimum absolute atomic E-state index is 0.0268. The Bertz CT molecular complexity index is 6940. The molecule has 0 N–H and O–H groups in total. The van der Waals surface area contributed by atoms with Gasteiger partial charge in [0.1, 0.15) is 0 Å². The predicted octanol–water partition coefficient (Wildman–Crippen LogP) is 27.4. The first-order chi connectivity index (χ1) is 57.6. The Kier molecular flexibility index (Phi) is 18.4. The molecule has 0 atom stereocenters. The molecule has 0 spiro atoms. The molecular formula is C107H78N10. The van der Waals surface area contributed by atoms with Gasteiger partial charge in [0.15, 0.2) is 34.9 Å². The van der Waals surface area contributed by atoms with Crippen molar-refractivity contribution in [2.75, 3.05) is 9.80 Å². The quantitative estimate of drug-likeness (QED) is 0.0839. The second-order valence-electron chi connectivity index (χ2n) is 30.8. The summed E-state index contributed by atoms with van der Waals surface area (Å²) in [6.07, 6.45) is 0.688. The summed E-state index contributed by atoms with van der Waals surface area (Å²) in [5.41, 5.74) is 26.5. The zero-order chi connectivity index (χ0) is 78.3. The van der Waals surface area contributed by atoms with Crippen molar-refractivity contribution in [2.24, 2.45) is 0 Å². The van der Waals surface area contributed by atoms with Gasteiger partial charge in [-0.25, -0.2) is 29.9 Å². The second kappa shape index (κ2) is 30.3. The maximum Gasteiger partial charge on any atom is 0.164 e. The smallest absolute Gasteiger partial charge is 0.164 e. The molecule has 4 heterocycles. The van der Waals surface area contributed by atoms with E-state index in [9.17, 15) is 0 Å². The molecule has 20 rings (SSSR count). The molecule has 0 aliphatic carbocycles. The third-order valence-electron chi connectivity index (χ3n) is 22.2. The molecule has 0 radical (unpaired) electrons. The first-order valence-electron chi connectivity index (χ1n) is 39.8. The number of aromatic nitrogens is 8. The van der Waals surface area contributed by atoms with Crippen molar-refractivity contribution in [1.82, 2.24) is 39.0 Å². The Hall–Kier alpha value is -15.3. The zero-order valence-corrected chi connectivity index (χ0v) is 64.9. The van der Waals surface area contributed by atoms with E-state index in [0.29, 0.717) is 41.4 Å².